The maximum atomic E-state index is 12.4. The highest BCUT2D eigenvalue weighted by Gasteiger charge is 2.09. The molecule has 7 heteroatoms. The van der Waals surface area contributed by atoms with E-state index < -0.39 is 0 Å². The fraction of sp³-hybridized carbons (Fsp3) is 0. The molecule has 2 amide bonds. The van der Waals surface area contributed by atoms with Gasteiger partial charge in [0.2, 0.25) is 0 Å². The minimum Gasteiger partial charge on any atom is -0.355 e. The van der Waals surface area contributed by atoms with Gasteiger partial charge in [-0.1, -0.05) is 12.1 Å². The van der Waals surface area contributed by atoms with E-state index in [0.29, 0.717) is 22.5 Å². The summed E-state index contributed by atoms with van der Waals surface area (Å²) in [7, 11) is 0. The number of carbonyl (C=O) groups is 2. The second-order valence-electron chi connectivity index (χ2n) is 7.45. The third-order valence-electron chi connectivity index (χ3n) is 5.18. The largest absolute Gasteiger partial charge is 0.355 e. The lowest BCUT2D eigenvalue weighted by Gasteiger charge is -2.06. The number of nitrogens with one attached hydrogen (secondary N) is 3. The number of anilines is 2. The van der Waals surface area contributed by atoms with Crippen LogP contribution in [0.4, 0.5) is 11.4 Å². The van der Waals surface area contributed by atoms with Crippen molar-refractivity contribution in [2.75, 3.05) is 10.6 Å². The molecule has 33 heavy (non-hydrogen) atoms. The molecule has 0 aliphatic heterocycles. The van der Waals surface area contributed by atoms with E-state index in [1.165, 1.54) is 12.4 Å². The normalized spacial score (nSPS) is 10.7. The molecule has 3 aromatic heterocycles. The Labute approximate surface area is 189 Å². The number of nitrogens with zero attached hydrogens (tertiary/aromatic N) is 2. The molecule has 5 rings (SSSR count). The summed E-state index contributed by atoms with van der Waals surface area (Å²) in [5.41, 5.74) is 5.28. The molecular formula is C26H19N5O2. The second-order valence-corrected chi connectivity index (χ2v) is 7.45. The van der Waals surface area contributed by atoms with E-state index in [1.54, 1.807) is 36.7 Å². The van der Waals surface area contributed by atoms with Crippen LogP contribution in [0, 0.1) is 0 Å². The van der Waals surface area contributed by atoms with E-state index in [4.69, 9.17) is 0 Å². The van der Waals surface area contributed by atoms with Gasteiger partial charge in [0.1, 0.15) is 0 Å². The lowest BCUT2D eigenvalue weighted by Crippen LogP contribution is -2.11. The number of carbonyl (C=O) groups excluding carboxylic acids is 2. The van der Waals surface area contributed by atoms with Crippen LogP contribution in [0.2, 0.25) is 0 Å². The van der Waals surface area contributed by atoms with Crippen LogP contribution in [0.25, 0.3) is 22.2 Å². The molecule has 0 fully saturated rings. The van der Waals surface area contributed by atoms with Gasteiger partial charge >= 0.3 is 0 Å². The van der Waals surface area contributed by atoms with E-state index in [9.17, 15) is 9.59 Å². The van der Waals surface area contributed by atoms with Crippen LogP contribution in [-0.4, -0.2) is 26.8 Å². The molecule has 0 unspecified atom stereocenters. The molecule has 0 saturated carbocycles. The number of aromatic amines is 1. The lowest BCUT2D eigenvalue weighted by molar-refractivity contribution is 0.101. The van der Waals surface area contributed by atoms with Crippen molar-refractivity contribution in [3.63, 3.8) is 0 Å². The Bertz CT molecular complexity index is 1430. The van der Waals surface area contributed by atoms with Crippen molar-refractivity contribution in [1.29, 1.82) is 0 Å². The summed E-state index contributed by atoms with van der Waals surface area (Å²) in [4.78, 5) is 36.0. The first-order chi connectivity index (χ1) is 16.2. The highest BCUT2D eigenvalue weighted by molar-refractivity contribution is 6.05. The summed E-state index contributed by atoms with van der Waals surface area (Å²) >= 11 is 0. The molecule has 2 aromatic carbocycles. The number of fused-ring (bicyclic) bond motifs is 1. The van der Waals surface area contributed by atoms with Gasteiger partial charge in [-0.25, -0.2) is 0 Å². The van der Waals surface area contributed by atoms with Crippen LogP contribution in [0.3, 0.4) is 0 Å². The Morgan fingerprint density at radius 1 is 0.697 bits per heavy atom. The van der Waals surface area contributed by atoms with Gasteiger partial charge in [-0.2, -0.15) is 0 Å². The number of amides is 2. The minimum absolute atomic E-state index is 0.206. The van der Waals surface area contributed by atoms with Gasteiger partial charge < -0.3 is 15.6 Å². The van der Waals surface area contributed by atoms with Crippen molar-refractivity contribution < 1.29 is 9.59 Å². The van der Waals surface area contributed by atoms with Gasteiger partial charge in [-0.05, 0) is 66.2 Å². The van der Waals surface area contributed by atoms with E-state index in [-0.39, 0.29) is 11.8 Å². The Morgan fingerprint density at radius 3 is 1.91 bits per heavy atom. The molecular weight excluding hydrogens is 414 g/mol. The van der Waals surface area contributed by atoms with Crippen LogP contribution in [0.15, 0.2) is 97.6 Å². The zero-order chi connectivity index (χ0) is 22.6. The first kappa shape index (κ1) is 20.1. The summed E-state index contributed by atoms with van der Waals surface area (Å²) in [5.74, 6) is -0.413. The number of benzene rings is 2. The summed E-state index contributed by atoms with van der Waals surface area (Å²) < 4.78 is 0. The third-order valence-corrected chi connectivity index (χ3v) is 5.18. The predicted molar refractivity (Wildman–Crippen MR) is 128 cm³/mol. The van der Waals surface area contributed by atoms with E-state index in [0.717, 1.165) is 22.2 Å². The number of aromatic nitrogens is 3. The smallest absolute Gasteiger partial charge is 0.257 e. The van der Waals surface area contributed by atoms with Gasteiger partial charge in [0.25, 0.3) is 11.8 Å². The summed E-state index contributed by atoms with van der Waals surface area (Å²) in [6.07, 6.45) is 6.32. The van der Waals surface area contributed by atoms with Gasteiger partial charge in [0.15, 0.2) is 0 Å². The fourth-order valence-electron chi connectivity index (χ4n) is 3.50. The Hall–Kier alpha value is -4.78. The van der Waals surface area contributed by atoms with E-state index in [2.05, 4.69) is 25.6 Å². The first-order valence-electron chi connectivity index (χ1n) is 10.3. The van der Waals surface area contributed by atoms with Gasteiger partial charge in [0, 0.05) is 52.8 Å². The average Bonchev–Trinajstić information content (AvgIpc) is 3.29. The quantitative estimate of drug-likeness (QED) is 0.358. The Kier molecular flexibility index (Phi) is 5.35. The van der Waals surface area contributed by atoms with E-state index >= 15 is 0 Å². The molecule has 0 spiro atoms. The third kappa shape index (κ3) is 4.47. The molecule has 160 valence electrons. The van der Waals surface area contributed by atoms with Crippen LogP contribution in [0.1, 0.15) is 20.7 Å². The van der Waals surface area contributed by atoms with Crippen LogP contribution >= 0.6 is 0 Å². The highest BCUT2D eigenvalue weighted by atomic mass is 16.2. The van der Waals surface area contributed by atoms with Crippen molar-refractivity contribution in [3.8, 4) is 11.3 Å². The molecule has 0 aliphatic carbocycles. The number of rotatable bonds is 5. The number of pyridine rings is 2. The number of hydrogen-bond acceptors (Lipinski definition) is 4. The van der Waals surface area contributed by atoms with Crippen molar-refractivity contribution in [1.82, 2.24) is 15.0 Å². The van der Waals surface area contributed by atoms with Crippen molar-refractivity contribution in [2.24, 2.45) is 0 Å². The van der Waals surface area contributed by atoms with Crippen LogP contribution < -0.4 is 10.6 Å². The van der Waals surface area contributed by atoms with E-state index in [1.807, 2.05) is 48.5 Å². The Balaban J connectivity index is 1.31. The molecule has 5 aromatic rings. The SMILES string of the molecule is O=C(Nc1ccc(-c2cc3cc(NC(=O)c4cccnc4)ccc3[nH]2)cc1)c1cccnc1. The minimum atomic E-state index is -0.206. The molecule has 0 saturated heterocycles. The lowest BCUT2D eigenvalue weighted by atomic mass is 10.1. The molecule has 3 N–H and O–H groups in total. The molecule has 0 radical (unpaired) electrons. The van der Waals surface area contributed by atoms with Crippen molar-refractivity contribution >= 4 is 34.1 Å². The highest BCUT2D eigenvalue weighted by Crippen LogP contribution is 2.27. The zero-order valence-electron chi connectivity index (χ0n) is 17.4. The maximum absolute atomic E-state index is 12.4. The maximum Gasteiger partial charge on any atom is 0.257 e. The molecule has 0 aliphatic rings. The number of H-pyrrole nitrogens is 1. The second kappa shape index (κ2) is 8.76. The van der Waals surface area contributed by atoms with Gasteiger partial charge in [-0.15, -0.1) is 0 Å². The topological polar surface area (TPSA) is 99.8 Å². The predicted octanol–water partition coefficient (Wildman–Crippen LogP) is 5.13. The van der Waals surface area contributed by atoms with Crippen LogP contribution in [-0.2, 0) is 0 Å². The average molecular weight is 433 g/mol. The van der Waals surface area contributed by atoms with Crippen LogP contribution in [0.5, 0.6) is 0 Å². The molecule has 0 bridgehead atoms. The molecule has 3 heterocycles. The van der Waals surface area contributed by atoms with Gasteiger partial charge in [0.05, 0.1) is 11.1 Å². The fourth-order valence-corrected chi connectivity index (χ4v) is 3.50. The molecule has 7 nitrogen and oxygen atoms in total. The van der Waals surface area contributed by atoms with Crippen molar-refractivity contribution in [3.05, 3.63) is 109 Å². The van der Waals surface area contributed by atoms with Crippen molar-refractivity contribution in [2.45, 2.75) is 0 Å². The Morgan fingerprint density at radius 2 is 1.30 bits per heavy atom. The first-order valence-corrected chi connectivity index (χ1v) is 10.3. The zero-order valence-corrected chi connectivity index (χ0v) is 17.4. The molecule has 0 atom stereocenters. The summed E-state index contributed by atoms with van der Waals surface area (Å²) in [6.45, 7) is 0. The van der Waals surface area contributed by atoms with Gasteiger partial charge in [-0.3, -0.25) is 19.6 Å². The number of hydrogen-bond donors (Lipinski definition) is 3. The summed E-state index contributed by atoms with van der Waals surface area (Å²) in [6, 6.07) is 22.2. The standard InChI is InChI=1S/C26H19N5O2/c32-25(18-3-1-11-27-15-18)29-21-7-5-17(6-8-21)24-14-20-13-22(9-10-23(20)31-24)30-26(33)19-4-2-12-28-16-19/h1-16,31H,(H,29,32)(H,30,33). The monoisotopic (exact) mass is 433 g/mol. The summed E-state index contributed by atoms with van der Waals surface area (Å²) in [5, 5.41) is 6.74.